The zero-order valence-electron chi connectivity index (χ0n) is 11.4. The quantitative estimate of drug-likeness (QED) is 0.839. The number of hydrogen-bond acceptors (Lipinski definition) is 2. The van der Waals surface area contributed by atoms with Crippen molar-refractivity contribution in [3.63, 3.8) is 0 Å². The molecule has 2 N–H and O–H groups in total. The molecule has 2 aromatic carbocycles. The van der Waals surface area contributed by atoms with E-state index in [9.17, 15) is 0 Å². The Kier molecular flexibility index (Phi) is 3.95. The zero-order valence-corrected chi connectivity index (χ0v) is 12.2. The highest BCUT2D eigenvalue weighted by molar-refractivity contribution is 6.31. The lowest BCUT2D eigenvalue weighted by atomic mass is 10.1. The summed E-state index contributed by atoms with van der Waals surface area (Å²) in [6.07, 6.45) is 2.58. The molecule has 0 heterocycles. The van der Waals surface area contributed by atoms with Crippen LogP contribution in [0, 0.1) is 0 Å². The summed E-state index contributed by atoms with van der Waals surface area (Å²) in [5.74, 6) is 0. The molecule has 0 atom stereocenters. The molecular weight excluding hydrogens is 268 g/mol. The van der Waals surface area contributed by atoms with E-state index in [0.29, 0.717) is 6.04 Å². The highest BCUT2D eigenvalue weighted by atomic mass is 35.5. The number of benzene rings is 2. The van der Waals surface area contributed by atoms with E-state index in [1.165, 1.54) is 24.0 Å². The fraction of sp³-hybridized carbons (Fsp3) is 0.294. The average molecular weight is 287 g/mol. The number of halogens is 1. The summed E-state index contributed by atoms with van der Waals surface area (Å²) in [6, 6.07) is 17.0. The van der Waals surface area contributed by atoms with Gasteiger partial charge in [-0.1, -0.05) is 41.9 Å². The van der Waals surface area contributed by atoms with E-state index in [-0.39, 0.29) is 0 Å². The van der Waals surface area contributed by atoms with E-state index < -0.39 is 0 Å². The molecule has 0 unspecified atom stereocenters. The minimum atomic E-state index is 0.698. The second-order valence-corrected chi connectivity index (χ2v) is 5.88. The van der Waals surface area contributed by atoms with Crippen LogP contribution in [0.15, 0.2) is 48.5 Å². The van der Waals surface area contributed by atoms with Crippen molar-refractivity contribution >= 4 is 17.3 Å². The molecule has 0 bridgehead atoms. The molecule has 2 aromatic rings. The molecule has 0 radical (unpaired) electrons. The van der Waals surface area contributed by atoms with E-state index in [0.717, 1.165) is 23.8 Å². The first-order valence-corrected chi connectivity index (χ1v) is 7.42. The second kappa shape index (κ2) is 5.86. The third-order valence-corrected chi connectivity index (χ3v) is 4.13. The van der Waals surface area contributed by atoms with Crippen molar-refractivity contribution in [2.45, 2.75) is 32.0 Å². The van der Waals surface area contributed by atoms with E-state index >= 15 is 0 Å². The molecule has 1 aliphatic carbocycles. The Balaban J connectivity index is 1.73. The summed E-state index contributed by atoms with van der Waals surface area (Å²) in [5.41, 5.74) is 9.07. The Labute approximate surface area is 125 Å². The predicted octanol–water partition coefficient (Wildman–Crippen LogP) is 4.09. The standard InChI is InChI=1S/C17H19ClN2/c18-17-4-2-1-3-14(17)12-20(16-9-10-16)11-13-5-7-15(19)8-6-13/h1-8,16H,9-12,19H2. The molecule has 104 valence electrons. The zero-order chi connectivity index (χ0) is 13.9. The topological polar surface area (TPSA) is 29.3 Å². The van der Waals surface area contributed by atoms with Gasteiger partial charge in [0, 0.05) is 29.8 Å². The monoisotopic (exact) mass is 286 g/mol. The van der Waals surface area contributed by atoms with Gasteiger partial charge in [-0.25, -0.2) is 0 Å². The number of hydrogen-bond donors (Lipinski definition) is 1. The maximum Gasteiger partial charge on any atom is 0.0451 e. The van der Waals surface area contributed by atoms with Crippen LogP contribution < -0.4 is 5.73 Å². The molecule has 1 saturated carbocycles. The number of anilines is 1. The van der Waals surface area contributed by atoms with Crippen LogP contribution in [0.5, 0.6) is 0 Å². The number of rotatable bonds is 5. The van der Waals surface area contributed by atoms with Crippen LogP contribution in [0.3, 0.4) is 0 Å². The Morgan fingerprint density at radius 2 is 1.70 bits per heavy atom. The SMILES string of the molecule is Nc1ccc(CN(Cc2ccccc2Cl)C2CC2)cc1. The first kappa shape index (κ1) is 13.5. The Morgan fingerprint density at radius 1 is 1.00 bits per heavy atom. The lowest BCUT2D eigenvalue weighted by Gasteiger charge is -2.22. The third-order valence-electron chi connectivity index (χ3n) is 3.76. The van der Waals surface area contributed by atoms with E-state index in [2.05, 4.69) is 29.2 Å². The molecule has 0 amide bonds. The molecule has 0 aliphatic heterocycles. The summed E-state index contributed by atoms with van der Waals surface area (Å²) in [5, 5.41) is 0.857. The van der Waals surface area contributed by atoms with Gasteiger partial charge >= 0.3 is 0 Å². The second-order valence-electron chi connectivity index (χ2n) is 5.47. The van der Waals surface area contributed by atoms with Gasteiger partial charge in [-0.05, 0) is 42.2 Å². The Morgan fingerprint density at radius 3 is 2.35 bits per heavy atom. The van der Waals surface area contributed by atoms with Crippen molar-refractivity contribution in [2.24, 2.45) is 0 Å². The van der Waals surface area contributed by atoms with Crippen molar-refractivity contribution in [1.29, 1.82) is 0 Å². The summed E-state index contributed by atoms with van der Waals surface area (Å²) < 4.78 is 0. The van der Waals surface area contributed by atoms with Crippen molar-refractivity contribution in [2.75, 3.05) is 5.73 Å². The third kappa shape index (κ3) is 3.33. The van der Waals surface area contributed by atoms with Crippen molar-refractivity contribution in [1.82, 2.24) is 4.90 Å². The maximum absolute atomic E-state index is 6.27. The maximum atomic E-state index is 6.27. The van der Waals surface area contributed by atoms with Gasteiger partial charge in [0.25, 0.3) is 0 Å². The fourth-order valence-corrected chi connectivity index (χ4v) is 2.65. The molecule has 20 heavy (non-hydrogen) atoms. The average Bonchev–Trinajstić information content (AvgIpc) is 3.27. The van der Waals surface area contributed by atoms with E-state index in [1.807, 2.05) is 24.3 Å². The van der Waals surface area contributed by atoms with Gasteiger partial charge in [0.1, 0.15) is 0 Å². The number of nitrogen functional groups attached to an aromatic ring is 1. The summed E-state index contributed by atoms with van der Waals surface area (Å²) >= 11 is 6.27. The van der Waals surface area contributed by atoms with Crippen LogP contribution in [0.2, 0.25) is 5.02 Å². The van der Waals surface area contributed by atoms with Crippen LogP contribution in [0.25, 0.3) is 0 Å². The smallest absolute Gasteiger partial charge is 0.0451 e. The normalized spacial score (nSPS) is 14.7. The van der Waals surface area contributed by atoms with Crippen LogP contribution in [0.4, 0.5) is 5.69 Å². The Hall–Kier alpha value is -1.51. The van der Waals surface area contributed by atoms with Crippen LogP contribution in [-0.2, 0) is 13.1 Å². The van der Waals surface area contributed by atoms with Crippen LogP contribution in [-0.4, -0.2) is 10.9 Å². The number of nitrogens with zero attached hydrogens (tertiary/aromatic N) is 1. The van der Waals surface area contributed by atoms with Gasteiger partial charge in [0.05, 0.1) is 0 Å². The lowest BCUT2D eigenvalue weighted by Crippen LogP contribution is -2.25. The number of nitrogens with two attached hydrogens (primary N) is 1. The molecule has 3 heteroatoms. The molecule has 0 saturated heterocycles. The van der Waals surface area contributed by atoms with Gasteiger partial charge in [-0.2, -0.15) is 0 Å². The summed E-state index contributed by atoms with van der Waals surface area (Å²) in [7, 11) is 0. The predicted molar refractivity (Wildman–Crippen MR) is 84.6 cm³/mol. The fourth-order valence-electron chi connectivity index (χ4n) is 2.46. The van der Waals surface area contributed by atoms with E-state index in [1.54, 1.807) is 0 Å². The minimum absolute atomic E-state index is 0.698. The first-order valence-electron chi connectivity index (χ1n) is 7.04. The molecular formula is C17H19ClN2. The largest absolute Gasteiger partial charge is 0.399 e. The summed E-state index contributed by atoms with van der Waals surface area (Å²) in [4.78, 5) is 2.51. The van der Waals surface area contributed by atoms with Crippen LogP contribution in [0.1, 0.15) is 24.0 Å². The minimum Gasteiger partial charge on any atom is -0.399 e. The van der Waals surface area contributed by atoms with Crippen molar-refractivity contribution in [3.8, 4) is 0 Å². The lowest BCUT2D eigenvalue weighted by molar-refractivity contribution is 0.246. The molecule has 0 spiro atoms. The Bertz CT molecular complexity index is 576. The van der Waals surface area contributed by atoms with Gasteiger partial charge in [0.15, 0.2) is 0 Å². The molecule has 3 rings (SSSR count). The highest BCUT2D eigenvalue weighted by Gasteiger charge is 2.29. The molecule has 1 fully saturated rings. The van der Waals surface area contributed by atoms with Gasteiger partial charge in [0.2, 0.25) is 0 Å². The van der Waals surface area contributed by atoms with Gasteiger partial charge < -0.3 is 5.73 Å². The highest BCUT2D eigenvalue weighted by Crippen LogP contribution is 2.31. The summed E-state index contributed by atoms with van der Waals surface area (Å²) in [6.45, 7) is 1.87. The van der Waals surface area contributed by atoms with Crippen molar-refractivity contribution in [3.05, 3.63) is 64.7 Å². The van der Waals surface area contributed by atoms with Crippen LogP contribution >= 0.6 is 11.6 Å². The molecule has 2 nitrogen and oxygen atoms in total. The molecule has 1 aliphatic rings. The van der Waals surface area contributed by atoms with Gasteiger partial charge in [-0.15, -0.1) is 0 Å². The van der Waals surface area contributed by atoms with Crippen molar-refractivity contribution < 1.29 is 0 Å². The van der Waals surface area contributed by atoms with E-state index in [4.69, 9.17) is 17.3 Å². The first-order chi connectivity index (χ1) is 9.72. The van der Waals surface area contributed by atoms with Gasteiger partial charge in [-0.3, -0.25) is 4.90 Å². The molecule has 0 aromatic heterocycles.